The molecule has 1 saturated heterocycles. The molecule has 1 saturated carbocycles. The highest BCUT2D eigenvalue weighted by Gasteiger charge is 2.38. The first-order chi connectivity index (χ1) is 12.5. The fourth-order valence-corrected chi connectivity index (χ4v) is 3.29. The van der Waals surface area contributed by atoms with Crippen LogP contribution in [-0.4, -0.2) is 54.4 Å². The molecule has 1 aromatic rings. The molecule has 0 bridgehead atoms. The van der Waals surface area contributed by atoms with E-state index in [1.54, 1.807) is 17.0 Å². The van der Waals surface area contributed by atoms with Crippen molar-refractivity contribution in [2.45, 2.75) is 19.8 Å². The summed E-state index contributed by atoms with van der Waals surface area (Å²) in [4.78, 5) is 38.4. The SMILES string of the molecule is C[C@H]1C[C@@H]1C(=O)NCCC(=O)N1CCN(c2cccc([N+](=O)[O-])c2)CC1. The normalized spacial score (nSPS) is 22.0. The smallest absolute Gasteiger partial charge is 0.271 e. The molecule has 140 valence electrons. The van der Waals surface area contributed by atoms with E-state index in [4.69, 9.17) is 0 Å². The van der Waals surface area contributed by atoms with Crippen LogP contribution in [-0.2, 0) is 9.59 Å². The van der Waals surface area contributed by atoms with E-state index in [2.05, 4.69) is 12.2 Å². The van der Waals surface area contributed by atoms with Crippen molar-refractivity contribution in [2.75, 3.05) is 37.6 Å². The Hall–Kier alpha value is -2.64. The van der Waals surface area contributed by atoms with Crippen molar-refractivity contribution in [2.24, 2.45) is 11.8 Å². The van der Waals surface area contributed by atoms with Crippen molar-refractivity contribution in [3.05, 3.63) is 34.4 Å². The molecule has 26 heavy (non-hydrogen) atoms. The zero-order valence-electron chi connectivity index (χ0n) is 14.9. The van der Waals surface area contributed by atoms with Crippen LogP contribution >= 0.6 is 0 Å². The molecule has 1 aromatic carbocycles. The fourth-order valence-electron chi connectivity index (χ4n) is 3.29. The van der Waals surface area contributed by atoms with Gasteiger partial charge < -0.3 is 15.1 Å². The van der Waals surface area contributed by atoms with Crippen LogP contribution in [0.4, 0.5) is 11.4 Å². The van der Waals surface area contributed by atoms with Crippen molar-refractivity contribution >= 4 is 23.2 Å². The van der Waals surface area contributed by atoms with E-state index in [0.717, 1.165) is 12.1 Å². The predicted octanol–water partition coefficient (Wildman–Crippen LogP) is 1.41. The molecular weight excluding hydrogens is 336 g/mol. The third-order valence-electron chi connectivity index (χ3n) is 5.12. The third kappa shape index (κ3) is 4.30. The van der Waals surface area contributed by atoms with Gasteiger partial charge >= 0.3 is 0 Å². The summed E-state index contributed by atoms with van der Waals surface area (Å²) in [6.45, 7) is 4.87. The number of non-ortho nitro benzene ring substituents is 1. The Labute approximate surface area is 152 Å². The van der Waals surface area contributed by atoms with Crippen molar-refractivity contribution < 1.29 is 14.5 Å². The summed E-state index contributed by atoms with van der Waals surface area (Å²) >= 11 is 0. The van der Waals surface area contributed by atoms with Gasteiger partial charge in [-0.25, -0.2) is 0 Å². The largest absolute Gasteiger partial charge is 0.368 e. The number of carbonyl (C=O) groups is 2. The van der Waals surface area contributed by atoms with Crippen LogP contribution in [0.3, 0.4) is 0 Å². The molecule has 1 N–H and O–H groups in total. The Bertz CT molecular complexity index is 700. The van der Waals surface area contributed by atoms with Crippen LogP contribution in [0.15, 0.2) is 24.3 Å². The first-order valence-corrected chi connectivity index (χ1v) is 9.00. The Morgan fingerprint density at radius 2 is 1.96 bits per heavy atom. The van der Waals surface area contributed by atoms with Gasteiger partial charge in [-0.1, -0.05) is 13.0 Å². The van der Waals surface area contributed by atoms with Gasteiger partial charge in [0.25, 0.3) is 5.69 Å². The number of nitro benzene ring substituents is 1. The Morgan fingerprint density at radius 3 is 2.58 bits per heavy atom. The minimum atomic E-state index is -0.403. The summed E-state index contributed by atoms with van der Waals surface area (Å²) in [5.74, 6) is 0.685. The number of hydrogen-bond acceptors (Lipinski definition) is 5. The molecule has 0 aromatic heterocycles. The molecule has 3 rings (SSSR count). The Morgan fingerprint density at radius 1 is 1.27 bits per heavy atom. The van der Waals surface area contributed by atoms with Crippen LogP contribution in [0, 0.1) is 22.0 Å². The summed E-state index contributed by atoms with van der Waals surface area (Å²) in [7, 11) is 0. The number of piperazine rings is 1. The molecule has 8 heteroatoms. The van der Waals surface area contributed by atoms with Gasteiger partial charge in [0.15, 0.2) is 0 Å². The highest BCUT2D eigenvalue weighted by atomic mass is 16.6. The summed E-state index contributed by atoms with van der Waals surface area (Å²) in [6, 6.07) is 6.55. The second kappa shape index (κ2) is 7.72. The zero-order valence-corrected chi connectivity index (χ0v) is 14.9. The number of nitrogens with one attached hydrogen (secondary N) is 1. The van der Waals surface area contributed by atoms with Crippen molar-refractivity contribution in [3.63, 3.8) is 0 Å². The molecule has 8 nitrogen and oxygen atoms in total. The lowest BCUT2D eigenvalue weighted by atomic mass is 10.2. The Kier molecular flexibility index (Phi) is 5.39. The number of amides is 2. The standard InChI is InChI=1S/C18H24N4O4/c1-13-11-16(13)18(24)19-6-5-17(23)21-9-7-20(8-10-21)14-3-2-4-15(12-14)22(25)26/h2-4,12-13,16H,5-11H2,1H3,(H,19,24)/t13-,16-/m0/s1. The highest BCUT2D eigenvalue weighted by molar-refractivity contribution is 5.82. The lowest BCUT2D eigenvalue weighted by Gasteiger charge is -2.36. The Balaban J connectivity index is 1.43. The lowest BCUT2D eigenvalue weighted by molar-refractivity contribution is -0.384. The maximum atomic E-state index is 12.3. The number of nitrogens with zero attached hydrogens (tertiary/aromatic N) is 3. The van der Waals surface area contributed by atoms with Gasteiger partial charge in [-0.3, -0.25) is 19.7 Å². The van der Waals surface area contributed by atoms with E-state index in [1.165, 1.54) is 6.07 Å². The van der Waals surface area contributed by atoms with Crippen LogP contribution in [0.25, 0.3) is 0 Å². The van der Waals surface area contributed by atoms with E-state index in [9.17, 15) is 19.7 Å². The summed E-state index contributed by atoms with van der Waals surface area (Å²) < 4.78 is 0. The van der Waals surface area contributed by atoms with Crippen LogP contribution in [0.2, 0.25) is 0 Å². The number of anilines is 1. The van der Waals surface area contributed by atoms with Gasteiger partial charge in [0.05, 0.1) is 4.92 Å². The van der Waals surface area contributed by atoms with Gasteiger partial charge in [0, 0.05) is 62.9 Å². The second-order valence-electron chi connectivity index (χ2n) is 7.01. The minimum Gasteiger partial charge on any atom is -0.368 e. The van der Waals surface area contributed by atoms with Gasteiger partial charge in [-0.05, 0) is 18.4 Å². The number of carbonyl (C=O) groups excluding carboxylic acids is 2. The van der Waals surface area contributed by atoms with Gasteiger partial charge in [-0.2, -0.15) is 0 Å². The van der Waals surface area contributed by atoms with E-state index >= 15 is 0 Å². The van der Waals surface area contributed by atoms with Crippen molar-refractivity contribution in [3.8, 4) is 0 Å². The van der Waals surface area contributed by atoms with Crippen LogP contribution in [0.1, 0.15) is 19.8 Å². The first kappa shape index (κ1) is 18.2. The molecule has 2 atom stereocenters. The highest BCUT2D eigenvalue weighted by Crippen LogP contribution is 2.37. The zero-order chi connectivity index (χ0) is 18.7. The number of hydrogen-bond donors (Lipinski definition) is 1. The second-order valence-corrected chi connectivity index (χ2v) is 7.01. The number of rotatable bonds is 6. The lowest BCUT2D eigenvalue weighted by Crippen LogP contribution is -2.49. The average molecular weight is 360 g/mol. The van der Waals surface area contributed by atoms with Gasteiger partial charge in [-0.15, -0.1) is 0 Å². The molecular formula is C18H24N4O4. The molecule has 0 radical (unpaired) electrons. The topological polar surface area (TPSA) is 95.8 Å². The molecule has 1 aliphatic carbocycles. The quantitative estimate of drug-likeness (QED) is 0.611. The van der Waals surface area contributed by atoms with Crippen molar-refractivity contribution in [1.82, 2.24) is 10.2 Å². The third-order valence-corrected chi connectivity index (χ3v) is 5.12. The van der Waals surface area contributed by atoms with Gasteiger partial charge in [0.1, 0.15) is 0 Å². The van der Waals surface area contributed by atoms with E-state index in [-0.39, 0.29) is 23.4 Å². The minimum absolute atomic E-state index is 0.0350. The summed E-state index contributed by atoms with van der Waals surface area (Å²) in [5.41, 5.74) is 0.874. The molecule has 1 aliphatic heterocycles. The molecule has 1 heterocycles. The molecule has 2 fully saturated rings. The molecule has 2 aliphatic rings. The van der Waals surface area contributed by atoms with Crippen LogP contribution < -0.4 is 10.2 Å². The molecule has 2 amide bonds. The van der Waals surface area contributed by atoms with E-state index in [0.29, 0.717) is 45.1 Å². The summed E-state index contributed by atoms with van der Waals surface area (Å²) in [5, 5.41) is 13.7. The number of nitro groups is 1. The van der Waals surface area contributed by atoms with Crippen molar-refractivity contribution in [1.29, 1.82) is 0 Å². The van der Waals surface area contributed by atoms with E-state index in [1.807, 2.05) is 11.0 Å². The van der Waals surface area contributed by atoms with E-state index < -0.39 is 4.92 Å². The van der Waals surface area contributed by atoms with Crippen LogP contribution in [0.5, 0.6) is 0 Å². The predicted molar refractivity (Wildman–Crippen MR) is 96.8 cm³/mol. The van der Waals surface area contributed by atoms with Gasteiger partial charge in [0.2, 0.25) is 11.8 Å². The molecule has 0 spiro atoms. The summed E-state index contributed by atoms with van der Waals surface area (Å²) in [6.07, 6.45) is 1.25. The fraction of sp³-hybridized carbons (Fsp3) is 0.556. The average Bonchev–Trinajstić information content (AvgIpc) is 3.38. The maximum Gasteiger partial charge on any atom is 0.271 e. The molecule has 0 unspecified atom stereocenters. The monoisotopic (exact) mass is 360 g/mol. The first-order valence-electron chi connectivity index (χ1n) is 9.00. The number of benzene rings is 1. The maximum absolute atomic E-state index is 12.3.